The van der Waals surface area contributed by atoms with Crippen molar-refractivity contribution < 1.29 is 9.16 Å². The van der Waals surface area contributed by atoms with Gasteiger partial charge in [-0.15, -0.1) is 0 Å². The Hall–Kier alpha value is -1.00. The Morgan fingerprint density at radius 1 is 1.05 bits per heavy atom. The molecule has 0 unspecified atom stereocenters. The van der Waals surface area contributed by atoms with Crippen LogP contribution in [-0.2, 0) is 4.43 Å². The number of hydrogen-bond acceptors (Lipinski definition) is 3. The molecule has 0 saturated carbocycles. The summed E-state index contributed by atoms with van der Waals surface area (Å²) >= 11 is 0. The van der Waals surface area contributed by atoms with Crippen molar-refractivity contribution in [3.63, 3.8) is 0 Å². The van der Waals surface area contributed by atoms with E-state index in [0.29, 0.717) is 12.3 Å². The van der Waals surface area contributed by atoms with Gasteiger partial charge >= 0.3 is 0 Å². The maximum Gasteiger partial charge on any atom is 0.191 e. The summed E-state index contributed by atoms with van der Waals surface area (Å²) in [6, 6.07) is 7.61. The molecule has 2 N–H and O–H groups in total. The zero-order valence-corrected chi connectivity index (χ0v) is 14.5. The lowest BCUT2D eigenvalue weighted by molar-refractivity contribution is 0.252. The highest BCUT2D eigenvalue weighted by atomic mass is 28.4. The van der Waals surface area contributed by atoms with Crippen molar-refractivity contribution in [2.75, 3.05) is 18.9 Å². The van der Waals surface area contributed by atoms with Gasteiger partial charge in [-0.25, -0.2) is 0 Å². The Balaban J connectivity index is 2.19. The normalized spacial score (nSPS) is 12.4. The minimum Gasteiger partial charge on any atom is -0.491 e. The molecular weight excluding hydrogens is 266 g/mol. The van der Waals surface area contributed by atoms with Crippen molar-refractivity contribution in [2.24, 2.45) is 0 Å². The predicted octanol–water partition coefficient (Wildman–Crippen LogP) is 4.45. The molecule has 0 aromatic heterocycles. The lowest BCUT2D eigenvalue weighted by Crippen LogP contribution is -2.41. The molecule has 0 aliphatic carbocycles. The average Bonchev–Trinajstić information content (AvgIpc) is 2.34. The number of ether oxygens (including phenoxy) is 1. The Morgan fingerprint density at radius 3 is 2.25 bits per heavy atom. The summed E-state index contributed by atoms with van der Waals surface area (Å²) < 4.78 is 11.8. The molecule has 4 heteroatoms. The van der Waals surface area contributed by atoms with Gasteiger partial charge in [0.25, 0.3) is 0 Å². The van der Waals surface area contributed by atoms with Crippen LogP contribution in [0.4, 0.5) is 5.69 Å². The minimum atomic E-state index is -1.60. The lowest BCUT2D eigenvalue weighted by atomic mass is 10.2. The van der Waals surface area contributed by atoms with E-state index in [1.165, 1.54) is 0 Å². The molecule has 3 nitrogen and oxygen atoms in total. The number of para-hydroxylation sites is 2. The smallest absolute Gasteiger partial charge is 0.191 e. The molecule has 0 bridgehead atoms. The number of unbranched alkanes of at least 4 members (excludes halogenated alkanes) is 1. The van der Waals surface area contributed by atoms with E-state index in [4.69, 9.17) is 14.9 Å². The first-order chi connectivity index (χ1) is 9.24. The quantitative estimate of drug-likeness (QED) is 0.459. The second-order valence-corrected chi connectivity index (χ2v) is 11.5. The summed E-state index contributed by atoms with van der Waals surface area (Å²) in [5.74, 6) is 0.776. The molecule has 1 aromatic rings. The summed E-state index contributed by atoms with van der Waals surface area (Å²) in [4.78, 5) is 0. The van der Waals surface area contributed by atoms with Crippen LogP contribution in [0.5, 0.6) is 5.75 Å². The second-order valence-electron chi connectivity index (χ2n) is 6.70. The molecule has 0 saturated heterocycles. The number of nitrogens with two attached hydrogens (primary N) is 1. The first kappa shape index (κ1) is 17.0. The van der Waals surface area contributed by atoms with Crippen LogP contribution in [0.3, 0.4) is 0 Å². The third-order valence-electron chi connectivity index (χ3n) is 3.98. The van der Waals surface area contributed by atoms with Crippen LogP contribution in [0.2, 0.25) is 18.1 Å². The van der Waals surface area contributed by atoms with Gasteiger partial charge in [0.15, 0.2) is 8.32 Å². The van der Waals surface area contributed by atoms with E-state index in [-0.39, 0.29) is 5.04 Å². The summed E-state index contributed by atoms with van der Waals surface area (Å²) in [5, 5.41) is 0.280. The molecule has 0 atom stereocenters. The van der Waals surface area contributed by atoms with Crippen molar-refractivity contribution in [1.29, 1.82) is 0 Å². The first-order valence-corrected chi connectivity index (χ1v) is 10.3. The Morgan fingerprint density at radius 2 is 1.65 bits per heavy atom. The van der Waals surface area contributed by atoms with Crippen LogP contribution < -0.4 is 10.5 Å². The Kier molecular flexibility index (Phi) is 6.08. The molecule has 0 heterocycles. The fourth-order valence-electron chi connectivity index (χ4n) is 1.54. The monoisotopic (exact) mass is 295 g/mol. The first-order valence-electron chi connectivity index (χ1n) is 7.35. The molecule has 114 valence electrons. The number of hydrogen-bond donors (Lipinski definition) is 1. The molecule has 1 rings (SSSR count). The summed E-state index contributed by atoms with van der Waals surface area (Å²) in [7, 11) is -1.60. The molecular formula is C16H29NO2Si. The van der Waals surface area contributed by atoms with Gasteiger partial charge in [-0.3, -0.25) is 0 Å². The fourth-order valence-corrected chi connectivity index (χ4v) is 2.63. The Labute approximate surface area is 124 Å². The number of anilines is 1. The highest BCUT2D eigenvalue weighted by Crippen LogP contribution is 2.36. The van der Waals surface area contributed by atoms with Crippen LogP contribution in [0.25, 0.3) is 0 Å². The van der Waals surface area contributed by atoms with Gasteiger partial charge < -0.3 is 14.9 Å². The zero-order chi connectivity index (χ0) is 15.2. The van der Waals surface area contributed by atoms with Crippen LogP contribution in [0.1, 0.15) is 33.6 Å². The molecule has 20 heavy (non-hydrogen) atoms. The number of nitrogen functional groups attached to an aromatic ring is 1. The van der Waals surface area contributed by atoms with Crippen molar-refractivity contribution in [3.8, 4) is 5.75 Å². The summed E-state index contributed by atoms with van der Waals surface area (Å²) in [6.45, 7) is 12.9. The number of benzene rings is 1. The van der Waals surface area contributed by atoms with Crippen LogP contribution in [-0.4, -0.2) is 21.5 Å². The summed E-state index contributed by atoms with van der Waals surface area (Å²) in [5.41, 5.74) is 6.52. The van der Waals surface area contributed by atoms with Crippen molar-refractivity contribution in [2.45, 2.75) is 51.7 Å². The SMILES string of the molecule is CC(C)(C)[Si](C)(C)OCCCCOc1ccccc1N. The fraction of sp³-hybridized carbons (Fsp3) is 0.625. The van der Waals surface area contributed by atoms with Crippen molar-refractivity contribution in [3.05, 3.63) is 24.3 Å². The highest BCUT2D eigenvalue weighted by Gasteiger charge is 2.36. The maximum atomic E-state index is 6.13. The van der Waals surface area contributed by atoms with E-state index in [0.717, 1.165) is 25.2 Å². The van der Waals surface area contributed by atoms with Crippen LogP contribution in [0.15, 0.2) is 24.3 Å². The van der Waals surface area contributed by atoms with Gasteiger partial charge in [-0.1, -0.05) is 32.9 Å². The second kappa shape index (κ2) is 7.13. The van der Waals surface area contributed by atoms with Gasteiger partial charge in [-0.2, -0.15) is 0 Å². The van der Waals surface area contributed by atoms with E-state index in [9.17, 15) is 0 Å². The van der Waals surface area contributed by atoms with E-state index in [1.54, 1.807) is 0 Å². The lowest BCUT2D eigenvalue weighted by Gasteiger charge is -2.36. The third-order valence-corrected chi connectivity index (χ3v) is 8.52. The molecule has 0 aliphatic heterocycles. The van der Waals surface area contributed by atoms with Gasteiger partial charge in [-0.05, 0) is 43.1 Å². The van der Waals surface area contributed by atoms with Gasteiger partial charge in [0, 0.05) is 6.61 Å². The molecule has 1 aromatic carbocycles. The van der Waals surface area contributed by atoms with Crippen LogP contribution >= 0.6 is 0 Å². The third kappa shape index (κ3) is 5.17. The number of rotatable bonds is 7. The topological polar surface area (TPSA) is 44.5 Å². The zero-order valence-electron chi connectivity index (χ0n) is 13.5. The van der Waals surface area contributed by atoms with Crippen LogP contribution in [0, 0.1) is 0 Å². The van der Waals surface area contributed by atoms with E-state index >= 15 is 0 Å². The molecule has 0 fully saturated rings. The maximum absolute atomic E-state index is 6.13. The van der Waals surface area contributed by atoms with Crippen molar-refractivity contribution in [1.82, 2.24) is 0 Å². The highest BCUT2D eigenvalue weighted by molar-refractivity contribution is 6.74. The van der Waals surface area contributed by atoms with Gasteiger partial charge in [0.1, 0.15) is 5.75 Å². The van der Waals surface area contributed by atoms with Gasteiger partial charge in [0.2, 0.25) is 0 Å². The van der Waals surface area contributed by atoms with E-state index in [2.05, 4.69) is 33.9 Å². The standard InChI is InChI=1S/C16H29NO2Si/c1-16(2,3)20(4,5)19-13-9-8-12-18-15-11-7-6-10-14(15)17/h6-7,10-11H,8-9,12-13,17H2,1-5H3. The molecule has 0 spiro atoms. The van der Waals surface area contributed by atoms with E-state index < -0.39 is 8.32 Å². The van der Waals surface area contributed by atoms with Gasteiger partial charge in [0.05, 0.1) is 12.3 Å². The van der Waals surface area contributed by atoms with E-state index in [1.807, 2.05) is 24.3 Å². The Bertz CT molecular complexity index is 413. The average molecular weight is 295 g/mol. The molecule has 0 aliphatic rings. The molecule has 0 amide bonds. The van der Waals surface area contributed by atoms with Crippen molar-refractivity contribution >= 4 is 14.0 Å². The minimum absolute atomic E-state index is 0.280. The largest absolute Gasteiger partial charge is 0.491 e. The summed E-state index contributed by atoms with van der Waals surface area (Å²) in [6.07, 6.45) is 2.02. The molecule has 0 radical (unpaired) electrons. The predicted molar refractivity (Wildman–Crippen MR) is 88.7 cm³/mol.